The summed E-state index contributed by atoms with van der Waals surface area (Å²) < 4.78 is 0. The number of carboxylic acid groups (broad SMARTS) is 1. The summed E-state index contributed by atoms with van der Waals surface area (Å²) >= 11 is 0. The number of hydrogen-bond donors (Lipinski definition) is 3. The van der Waals surface area contributed by atoms with Crippen LogP contribution in [0.15, 0.2) is 11.6 Å². The Morgan fingerprint density at radius 2 is 2.09 bits per heavy atom. The molecule has 0 aromatic rings. The number of aliphatic hydroxyl groups excluding tert-OH is 1. The van der Waals surface area contributed by atoms with Gasteiger partial charge in [-0.3, -0.25) is 0 Å². The van der Waals surface area contributed by atoms with E-state index in [1.807, 2.05) is 0 Å². The van der Waals surface area contributed by atoms with E-state index in [0.29, 0.717) is 0 Å². The van der Waals surface area contributed by atoms with Crippen LogP contribution >= 0.6 is 0 Å². The Morgan fingerprint density at radius 1 is 1.64 bits per heavy atom. The molecule has 0 bridgehead atoms. The zero-order valence-corrected chi connectivity index (χ0v) is 6.53. The topological polar surface area (TPSA) is 77.8 Å². The van der Waals surface area contributed by atoms with Gasteiger partial charge in [0.15, 0.2) is 0 Å². The van der Waals surface area contributed by atoms with Crippen LogP contribution in [0.3, 0.4) is 0 Å². The molecule has 1 atom stereocenters. The van der Waals surface area contributed by atoms with E-state index in [1.54, 1.807) is 0 Å². The Kier molecular flexibility index (Phi) is 3.22. The molecule has 0 amide bonds. The summed E-state index contributed by atoms with van der Waals surface area (Å²) in [5.74, 6) is -1.10. The van der Waals surface area contributed by atoms with Crippen molar-refractivity contribution < 1.29 is 20.1 Å². The number of aliphatic carboxylic acids is 1. The van der Waals surface area contributed by atoms with Crippen molar-refractivity contribution in [3.8, 4) is 0 Å². The quantitative estimate of drug-likeness (QED) is 0.498. The minimum absolute atomic E-state index is 0.0176. The fourth-order valence-corrected chi connectivity index (χ4v) is 0.574. The van der Waals surface area contributed by atoms with Gasteiger partial charge < -0.3 is 15.3 Å². The van der Waals surface area contributed by atoms with E-state index in [0.717, 1.165) is 6.08 Å². The number of aliphatic hydroxyl groups is 2. The van der Waals surface area contributed by atoms with Gasteiger partial charge in [-0.15, -0.1) is 0 Å². The van der Waals surface area contributed by atoms with E-state index in [-0.39, 0.29) is 5.57 Å². The normalized spacial score (nSPS) is 17.6. The summed E-state index contributed by atoms with van der Waals surface area (Å²) in [6, 6.07) is 0. The first-order valence-corrected chi connectivity index (χ1v) is 3.15. The highest BCUT2D eigenvalue weighted by atomic mass is 16.4. The highest BCUT2D eigenvalue weighted by Crippen LogP contribution is 2.07. The molecule has 0 heterocycles. The van der Waals surface area contributed by atoms with Crippen LogP contribution < -0.4 is 0 Å². The largest absolute Gasteiger partial charge is 0.478 e. The molecule has 0 aliphatic carbocycles. The summed E-state index contributed by atoms with van der Waals surface area (Å²) in [5.41, 5.74) is -1.42. The van der Waals surface area contributed by atoms with Crippen LogP contribution in [-0.2, 0) is 4.79 Å². The van der Waals surface area contributed by atoms with Gasteiger partial charge in [0.2, 0.25) is 0 Å². The van der Waals surface area contributed by atoms with Crippen LogP contribution in [0.4, 0.5) is 0 Å². The maximum absolute atomic E-state index is 10.2. The van der Waals surface area contributed by atoms with Crippen molar-refractivity contribution in [2.24, 2.45) is 0 Å². The van der Waals surface area contributed by atoms with Gasteiger partial charge in [0.05, 0.1) is 6.61 Å². The van der Waals surface area contributed by atoms with Crippen LogP contribution in [0, 0.1) is 0 Å². The second kappa shape index (κ2) is 3.50. The summed E-state index contributed by atoms with van der Waals surface area (Å²) in [7, 11) is 0. The van der Waals surface area contributed by atoms with Gasteiger partial charge in [0.1, 0.15) is 5.60 Å². The van der Waals surface area contributed by atoms with E-state index in [4.69, 9.17) is 15.3 Å². The number of hydrogen-bond acceptors (Lipinski definition) is 3. The standard InChI is InChI=1S/C7H12O4/c1-5(6(9)10)3-7(2,11)4-8/h3,8,11H,4H2,1-2H3,(H,9,10). The second-order valence-corrected chi connectivity index (χ2v) is 2.65. The van der Waals surface area contributed by atoms with Crippen molar-refractivity contribution in [1.82, 2.24) is 0 Å². The molecule has 0 spiro atoms. The molecule has 0 saturated heterocycles. The van der Waals surface area contributed by atoms with E-state index in [2.05, 4.69) is 0 Å². The van der Waals surface area contributed by atoms with Gasteiger partial charge in [-0.1, -0.05) is 0 Å². The van der Waals surface area contributed by atoms with Gasteiger partial charge in [0, 0.05) is 5.57 Å². The van der Waals surface area contributed by atoms with Gasteiger partial charge in [-0.2, -0.15) is 0 Å². The molecule has 0 aliphatic rings. The van der Waals surface area contributed by atoms with E-state index >= 15 is 0 Å². The first-order valence-electron chi connectivity index (χ1n) is 3.15. The first-order chi connectivity index (χ1) is 4.89. The molecular weight excluding hydrogens is 148 g/mol. The van der Waals surface area contributed by atoms with Gasteiger partial charge in [0.25, 0.3) is 0 Å². The SMILES string of the molecule is CC(=CC(C)(O)CO)C(=O)O. The van der Waals surface area contributed by atoms with E-state index in [9.17, 15) is 4.79 Å². The molecule has 3 N–H and O–H groups in total. The highest BCUT2D eigenvalue weighted by molar-refractivity contribution is 5.85. The van der Waals surface area contributed by atoms with Crippen LogP contribution in [0.1, 0.15) is 13.8 Å². The lowest BCUT2D eigenvalue weighted by Crippen LogP contribution is -2.27. The van der Waals surface area contributed by atoms with Crippen molar-refractivity contribution in [1.29, 1.82) is 0 Å². The fourth-order valence-electron chi connectivity index (χ4n) is 0.574. The third-order valence-corrected chi connectivity index (χ3v) is 1.18. The third kappa shape index (κ3) is 3.75. The Labute approximate surface area is 64.8 Å². The Balaban J connectivity index is 4.41. The zero-order valence-electron chi connectivity index (χ0n) is 6.53. The number of carboxylic acids is 1. The van der Waals surface area contributed by atoms with E-state index in [1.165, 1.54) is 13.8 Å². The average molecular weight is 160 g/mol. The lowest BCUT2D eigenvalue weighted by atomic mass is 10.1. The van der Waals surface area contributed by atoms with Crippen molar-refractivity contribution in [3.63, 3.8) is 0 Å². The Morgan fingerprint density at radius 3 is 2.36 bits per heavy atom. The maximum Gasteiger partial charge on any atom is 0.331 e. The van der Waals surface area contributed by atoms with Gasteiger partial charge in [-0.05, 0) is 19.9 Å². The first kappa shape index (κ1) is 10.1. The molecule has 11 heavy (non-hydrogen) atoms. The van der Waals surface area contributed by atoms with Crippen LogP contribution in [0.25, 0.3) is 0 Å². The van der Waals surface area contributed by atoms with Crippen molar-refractivity contribution in [2.45, 2.75) is 19.4 Å². The molecular formula is C7H12O4. The van der Waals surface area contributed by atoms with Crippen LogP contribution in [0.5, 0.6) is 0 Å². The number of rotatable bonds is 3. The minimum atomic E-state index is -1.44. The molecule has 4 heteroatoms. The maximum atomic E-state index is 10.2. The molecule has 0 rings (SSSR count). The summed E-state index contributed by atoms with van der Waals surface area (Å²) in [6.45, 7) is 2.20. The lowest BCUT2D eigenvalue weighted by molar-refractivity contribution is -0.132. The molecule has 0 aromatic carbocycles. The van der Waals surface area contributed by atoms with Crippen molar-refractivity contribution >= 4 is 5.97 Å². The Bertz CT molecular complexity index is 181. The summed E-state index contributed by atoms with van der Waals surface area (Å²) in [4.78, 5) is 10.2. The molecule has 0 radical (unpaired) electrons. The predicted molar refractivity (Wildman–Crippen MR) is 39.1 cm³/mol. The number of carbonyl (C=O) groups is 1. The summed E-state index contributed by atoms with van der Waals surface area (Å²) in [5, 5.41) is 26.1. The molecule has 0 aliphatic heterocycles. The van der Waals surface area contributed by atoms with Crippen LogP contribution in [-0.4, -0.2) is 33.5 Å². The predicted octanol–water partition coefficient (Wildman–Crippen LogP) is -0.239. The minimum Gasteiger partial charge on any atom is -0.478 e. The monoisotopic (exact) mass is 160 g/mol. The van der Waals surface area contributed by atoms with Crippen molar-refractivity contribution in [3.05, 3.63) is 11.6 Å². The smallest absolute Gasteiger partial charge is 0.331 e. The lowest BCUT2D eigenvalue weighted by Gasteiger charge is -2.15. The molecule has 4 nitrogen and oxygen atoms in total. The van der Waals surface area contributed by atoms with Crippen molar-refractivity contribution in [2.75, 3.05) is 6.61 Å². The van der Waals surface area contributed by atoms with Gasteiger partial charge in [-0.25, -0.2) is 4.79 Å². The molecule has 0 fully saturated rings. The van der Waals surface area contributed by atoms with E-state index < -0.39 is 18.2 Å². The van der Waals surface area contributed by atoms with Gasteiger partial charge >= 0.3 is 5.97 Å². The third-order valence-electron chi connectivity index (χ3n) is 1.18. The highest BCUT2D eigenvalue weighted by Gasteiger charge is 2.17. The molecule has 0 aromatic heterocycles. The molecule has 1 unspecified atom stereocenters. The zero-order chi connectivity index (χ0) is 9.07. The fraction of sp³-hybridized carbons (Fsp3) is 0.571. The average Bonchev–Trinajstić information content (AvgIpc) is 1.87. The molecule has 0 saturated carbocycles. The molecule has 64 valence electrons. The summed E-state index contributed by atoms with van der Waals surface area (Å²) in [6.07, 6.45) is 1.11. The van der Waals surface area contributed by atoms with Crippen LogP contribution in [0.2, 0.25) is 0 Å². The Hall–Kier alpha value is -0.870. The second-order valence-electron chi connectivity index (χ2n) is 2.65.